The topological polar surface area (TPSA) is 110 Å². The third-order valence-electron chi connectivity index (χ3n) is 5.10. The summed E-state index contributed by atoms with van der Waals surface area (Å²) in [5.41, 5.74) is 0.676. The summed E-state index contributed by atoms with van der Waals surface area (Å²) >= 11 is 0. The van der Waals surface area contributed by atoms with Crippen LogP contribution in [0.1, 0.15) is 25.7 Å². The number of carbonyl (C=O) groups excluding carboxylic acids is 1. The van der Waals surface area contributed by atoms with Crippen LogP contribution < -0.4 is 5.32 Å². The van der Waals surface area contributed by atoms with Crippen LogP contribution in [0.15, 0.2) is 35.5 Å². The highest BCUT2D eigenvalue weighted by Gasteiger charge is 2.34. The van der Waals surface area contributed by atoms with Crippen LogP contribution >= 0.6 is 0 Å². The Morgan fingerprint density at radius 2 is 1.96 bits per heavy atom. The van der Waals surface area contributed by atoms with E-state index in [1.54, 1.807) is 24.3 Å². The van der Waals surface area contributed by atoms with E-state index < -0.39 is 10.0 Å². The van der Waals surface area contributed by atoms with Gasteiger partial charge in [-0.25, -0.2) is 13.1 Å². The second kappa shape index (κ2) is 7.35. The molecule has 1 aliphatic heterocycles. The standard InChI is InChI=1S/C17H22N6O3S/c24-17(18-10-13-3-4-13)14-2-1-9-22(11-14)27(25,26)16-7-5-15(6-8-16)23-12-19-20-21-23/h5-8,12-14H,1-4,9-11H2,(H,18,24)/t14-/m1/s1. The third kappa shape index (κ3) is 4.01. The van der Waals surface area contributed by atoms with E-state index in [1.807, 2.05) is 0 Å². The molecule has 4 rings (SSSR count). The van der Waals surface area contributed by atoms with Crippen LogP contribution in [-0.2, 0) is 14.8 Å². The van der Waals surface area contributed by atoms with Crippen LogP contribution in [-0.4, -0.2) is 58.5 Å². The van der Waals surface area contributed by atoms with Crippen LogP contribution in [0.3, 0.4) is 0 Å². The molecule has 1 saturated carbocycles. The van der Waals surface area contributed by atoms with Crippen molar-refractivity contribution in [2.24, 2.45) is 11.8 Å². The van der Waals surface area contributed by atoms with Gasteiger partial charge in [0, 0.05) is 19.6 Å². The number of hydrogen-bond acceptors (Lipinski definition) is 6. The molecule has 1 saturated heterocycles. The van der Waals surface area contributed by atoms with Gasteiger partial charge in [-0.05, 0) is 66.3 Å². The van der Waals surface area contributed by atoms with Crippen molar-refractivity contribution in [3.63, 3.8) is 0 Å². The average molecular weight is 390 g/mol. The zero-order valence-electron chi connectivity index (χ0n) is 14.9. The van der Waals surface area contributed by atoms with E-state index in [2.05, 4.69) is 20.8 Å². The molecule has 2 aromatic rings. The van der Waals surface area contributed by atoms with Gasteiger partial charge < -0.3 is 5.32 Å². The number of nitrogens with zero attached hydrogens (tertiary/aromatic N) is 5. The minimum Gasteiger partial charge on any atom is -0.356 e. The van der Waals surface area contributed by atoms with Crippen molar-refractivity contribution in [3.05, 3.63) is 30.6 Å². The van der Waals surface area contributed by atoms with Crippen molar-refractivity contribution < 1.29 is 13.2 Å². The zero-order chi connectivity index (χ0) is 18.9. The summed E-state index contributed by atoms with van der Waals surface area (Å²) < 4.78 is 28.8. The highest BCUT2D eigenvalue weighted by molar-refractivity contribution is 7.89. The van der Waals surface area contributed by atoms with Crippen molar-refractivity contribution >= 4 is 15.9 Å². The van der Waals surface area contributed by atoms with E-state index in [-0.39, 0.29) is 23.3 Å². The molecule has 0 spiro atoms. The van der Waals surface area contributed by atoms with Crippen molar-refractivity contribution in [1.29, 1.82) is 0 Å². The molecule has 1 aliphatic carbocycles. The van der Waals surface area contributed by atoms with Gasteiger partial charge in [-0.3, -0.25) is 4.79 Å². The number of piperidine rings is 1. The van der Waals surface area contributed by atoms with Crippen molar-refractivity contribution in [1.82, 2.24) is 29.8 Å². The molecular weight excluding hydrogens is 368 g/mol. The molecule has 2 aliphatic rings. The zero-order valence-corrected chi connectivity index (χ0v) is 15.7. The molecule has 0 bridgehead atoms. The van der Waals surface area contributed by atoms with E-state index in [4.69, 9.17) is 0 Å². The molecule has 0 unspecified atom stereocenters. The minimum atomic E-state index is -3.64. The van der Waals surface area contributed by atoms with Gasteiger partial charge in [0.15, 0.2) is 0 Å². The van der Waals surface area contributed by atoms with E-state index in [1.165, 1.54) is 28.2 Å². The summed E-state index contributed by atoms with van der Waals surface area (Å²) in [4.78, 5) is 12.6. The first-order chi connectivity index (χ1) is 13.0. The molecule has 1 aromatic heterocycles. The minimum absolute atomic E-state index is 0.0316. The number of hydrogen-bond donors (Lipinski definition) is 1. The number of carbonyl (C=O) groups is 1. The Morgan fingerprint density at radius 3 is 2.63 bits per heavy atom. The summed E-state index contributed by atoms with van der Waals surface area (Å²) in [6.07, 6.45) is 5.20. The van der Waals surface area contributed by atoms with Crippen LogP contribution in [0, 0.1) is 11.8 Å². The van der Waals surface area contributed by atoms with Gasteiger partial charge >= 0.3 is 0 Å². The molecule has 1 aromatic carbocycles. The molecule has 10 heteroatoms. The fraction of sp³-hybridized carbons (Fsp3) is 0.529. The van der Waals surface area contributed by atoms with Crippen LogP contribution in [0.4, 0.5) is 0 Å². The van der Waals surface area contributed by atoms with E-state index >= 15 is 0 Å². The monoisotopic (exact) mass is 390 g/mol. The summed E-state index contributed by atoms with van der Waals surface area (Å²) in [6.45, 7) is 1.37. The first-order valence-electron chi connectivity index (χ1n) is 9.15. The SMILES string of the molecule is O=C(NCC1CC1)[C@@H]1CCCN(S(=O)(=O)c2ccc(-n3cnnn3)cc2)C1. The molecule has 1 N–H and O–H groups in total. The lowest BCUT2D eigenvalue weighted by atomic mass is 9.99. The predicted molar refractivity (Wildman–Crippen MR) is 96.4 cm³/mol. The first kappa shape index (κ1) is 18.1. The highest BCUT2D eigenvalue weighted by atomic mass is 32.2. The largest absolute Gasteiger partial charge is 0.356 e. The first-order valence-corrected chi connectivity index (χ1v) is 10.6. The van der Waals surface area contributed by atoms with E-state index in [0.29, 0.717) is 31.1 Å². The Balaban J connectivity index is 1.44. The maximum absolute atomic E-state index is 13.0. The average Bonchev–Trinajstić information content (AvgIpc) is 3.37. The number of sulfonamides is 1. The Labute approximate surface area is 157 Å². The van der Waals surface area contributed by atoms with Crippen molar-refractivity contribution in [3.8, 4) is 5.69 Å². The maximum atomic E-state index is 13.0. The van der Waals surface area contributed by atoms with Gasteiger partial charge in [-0.15, -0.1) is 5.10 Å². The molecule has 1 amide bonds. The number of aromatic nitrogens is 4. The highest BCUT2D eigenvalue weighted by Crippen LogP contribution is 2.28. The molecule has 27 heavy (non-hydrogen) atoms. The molecule has 9 nitrogen and oxygen atoms in total. The van der Waals surface area contributed by atoms with Gasteiger partial charge in [0.1, 0.15) is 6.33 Å². The lowest BCUT2D eigenvalue weighted by Gasteiger charge is -2.31. The Kier molecular flexibility index (Phi) is 4.92. The number of nitrogens with one attached hydrogen (secondary N) is 1. The number of amides is 1. The van der Waals surface area contributed by atoms with Gasteiger partial charge in [0.2, 0.25) is 15.9 Å². The predicted octanol–water partition coefficient (Wildman–Crippen LogP) is 0.589. The van der Waals surface area contributed by atoms with Gasteiger partial charge in [0.05, 0.1) is 16.5 Å². The Morgan fingerprint density at radius 1 is 1.19 bits per heavy atom. The quantitative estimate of drug-likeness (QED) is 0.773. The smallest absolute Gasteiger partial charge is 0.243 e. The second-order valence-electron chi connectivity index (χ2n) is 7.14. The Hall–Kier alpha value is -2.33. The molecule has 1 atom stereocenters. The lowest BCUT2D eigenvalue weighted by Crippen LogP contribution is -2.45. The number of benzene rings is 1. The molecule has 2 fully saturated rings. The summed E-state index contributed by atoms with van der Waals surface area (Å²) in [5, 5.41) is 13.9. The van der Waals surface area contributed by atoms with Crippen LogP contribution in [0.2, 0.25) is 0 Å². The van der Waals surface area contributed by atoms with Crippen molar-refractivity contribution in [2.75, 3.05) is 19.6 Å². The Bertz CT molecular complexity index is 893. The molecular formula is C17H22N6O3S. The van der Waals surface area contributed by atoms with Crippen molar-refractivity contribution in [2.45, 2.75) is 30.6 Å². The van der Waals surface area contributed by atoms with Gasteiger partial charge in [-0.1, -0.05) is 0 Å². The van der Waals surface area contributed by atoms with Gasteiger partial charge in [0.25, 0.3) is 0 Å². The number of rotatable bonds is 6. The maximum Gasteiger partial charge on any atom is 0.243 e. The lowest BCUT2D eigenvalue weighted by molar-refractivity contribution is -0.126. The fourth-order valence-corrected chi connectivity index (χ4v) is 4.81. The summed E-state index contributed by atoms with van der Waals surface area (Å²) in [7, 11) is -3.64. The normalized spacial score (nSPS) is 21.1. The molecule has 0 radical (unpaired) electrons. The van der Waals surface area contributed by atoms with Gasteiger partial charge in [-0.2, -0.15) is 4.31 Å². The van der Waals surface area contributed by atoms with E-state index in [9.17, 15) is 13.2 Å². The summed E-state index contributed by atoms with van der Waals surface area (Å²) in [6, 6.07) is 6.41. The molecule has 144 valence electrons. The third-order valence-corrected chi connectivity index (χ3v) is 6.98. The number of tetrazole rings is 1. The molecule has 2 heterocycles. The van der Waals surface area contributed by atoms with E-state index in [0.717, 1.165) is 6.42 Å². The summed E-state index contributed by atoms with van der Waals surface area (Å²) in [5.74, 6) is 0.291. The van der Waals surface area contributed by atoms with Crippen LogP contribution in [0.25, 0.3) is 5.69 Å². The fourth-order valence-electron chi connectivity index (χ4n) is 3.29. The second-order valence-corrected chi connectivity index (χ2v) is 9.08. The van der Waals surface area contributed by atoms with Crippen LogP contribution in [0.5, 0.6) is 0 Å².